The van der Waals surface area contributed by atoms with E-state index in [1.165, 1.54) is 0 Å². The Morgan fingerprint density at radius 3 is 2.70 bits per heavy atom. The fraction of sp³-hybridized carbons (Fsp3) is 0.0667. The van der Waals surface area contributed by atoms with Crippen molar-refractivity contribution in [2.75, 3.05) is 0 Å². The molecule has 0 saturated heterocycles. The summed E-state index contributed by atoms with van der Waals surface area (Å²) in [5.74, 6) is -1.07. The van der Waals surface area contributed by atoms with Crippen LogP contribution in [0.3, 0.4) is 0 Å². The molecule has 0 bridgehead atoms. The zero-order valence-electron chi connectivity index (χ0n) is 10.6. The summed E-state index contributed by atoms with van der Waals surface area (Å²) < 4.78 is 6.98. The molecule has 2 aromatic carbocycles. The topological polar surface area (TPSA) is 52.2 Å². The van der Waals surface area contributed by atoms with Crippen LogP contribution in [0.5, 0.6) is 0 Å². The molecule has 0 fully saturated rings. The molecule has 0 radical (unpaired) electrons. The highest BCUT2D eigenvalue weighted by Gasteiger charge is 2.19. The van der Waals surface area contributed by atoms with Gasteiger partial charge in [-0.1, -0.05) is 34.1 Å². The molecule has 4 nitrogen and oxygen atoms in total. The summed E-state index contributed by atoms with van der Waals surface area (Å²) in [5, 5.41) is 0. The van der Waals surface area contributed by atoms with Crippen molar-refractivity contribution < 1.29 is 9.21 Å². The SMILES string of the molecule is Cc1cccc2oc(=O)n(C(=O)c3cccc(Br)c3)c12. The molecule has 0 spiro atoms. The van der Waals surface area contributed by atoms with Crippen LogP contribution in [0.4, 0.5) is 0 Å². The molecule has 0 amide bonds. The molecule has 0 aliphatic rings. The van der Waals surface area contributed by atoms with Crippen LogP contribution in [0, 0.1) is 6.92 Å². The number of fused-ring (bicyclic) bond motifs is 1. The first-order valence-electron chi connectivity index (χ1n) is 5.99. The number of para-hydroxylation sites is 1. The van der Waals surface area contributed by atoms with Crippen molar-refractivity contribution in [2.45, 2.75) is 6.92 Å². The monoisotopic (exact) mass is 331 g/mol. The third-order valence-corrected chi connectivity index (χ3v) is 3.57. The summed E-state index contributed by atoms with van der Waals surface area (Å²) in [4.78, 5) is 24.5. The van der Waals surface area contributed by atoms with Crippen molar-refractivity contribution in [1.82, 2.24) is 4.57 Å². The van der Waals surface area contributed by atoms with Gasteiger partial charge in [-0.05, 0) is 36.8 Å². The lowest BCUT2D eigenvalue weighted by molar-refractivity contribution is 0.0956. The molecular formula is C15H10BrNO3. The van der Waals surface area contributed by atoms with Gasteiger partial charge in [-0.2, -0.15) is 0 Å². The Morgan fingerprint density at radius 1 is 1.20 bits per heavy atom. The molecule has 20 heavy (non-hydrogen) atoms. The van der Waals surface area contributed by atoms with Gasteiger partial charge < -0.3 is 4.42 Å². The Bertz CT molecular complexity index is 876. The van der Waals surface area contributed by atoms with Gasteiger partial charge in [0.15, 0.2) is 5.58 Å². The Kier molecular flexibility index (Phi) is 3.06. The van der Waals surface area contributed by atoms with Gasteiger partial charge in [0.1, 0.15) is 5.52 Å². The van der Waals surface area contributed by atoms with Gasteiger partial charge in [0, 0.05) is 10.0 Å². The molecule has 5 heteroatoms. The van der Waals surface area contributed by atoms with Gasteiger partial charge in [-0.15, -0.1) is 0 Å². The van der Waals surface area contributed by atoms with E-state index in [4.69, 9.17) is 4.42 Å². The number of hydrogen-bond acceptors (Lipinski definition) is 3. The van der Waals surface area contributed by atoms with Crippen LogP contribution in [0.25, 0.3) is 11.1 Å². The second kappa shape index (κ2) is 4.76. The standard InChI is InChI=1S/C15H10BrNO3/c1-9-4-2-7-12-13(9)17(15(19)20-12)14(18)10-5-3-6-11(16)8-10/h2-8H,1H3. The zero-order valence-corrected chi connectivity index (χ0v) is 12.2. The second-order valence-electron chi connectivity index (χ2n) is 4.44. The van der Waals surface area contributed by atoms with Crippen LogP contribution in [-0.4, -0.2) is 10.5 Å². The summed E-state index contributed by atoms with van der Waals surface area (Å²) in [6.07, 6.45) is 0. The molecule has 0 unspecified atom stereocenters. The third-order valence-electron chi connectivity index (χ3n) is 3.08. The number of oxazole rings is 1. The number of halogens is 1. The van der Waals surface area contributed by atoms with Crippen LogP contribution >= 0.6 is 15.9 Å². The van der Waals surface area contributed by atoms with E-state index in [0.29, 0.717) is 16.7 Å². The summed E-state index contributed by atoms with van der Waals surface area (Å²) in [7, 11) is 0. The molecule has 1 aromatic heterocycles. The highest BCUT2D eigenvalue weighted by molar-refractivity contribution is 9.10. The van der Waals surface area contributed by atoms with Crippen molar-refractivity contribution in [2.24, 2.45) is 0 Å². The van der Waals surface area contributed by atoms with Crippen LogP contribution < -0.4 is 5.76 Å². The molecule has 0 saturated carbocycles. The number of aryl methyl sites for hydroxylation is 1. The molecule has 0 aliphatic heterocycles. The first kappa shape index (κ1) is 12.9. The van der Waals surface area contributed by atoms with Crippen LogP contribution in [0.2, 0.25) is 0 Å². The molecule has 3 rings (SSSR count). The number of carbonyl (C=O) groups is 1. The largest absolute Gasteiger partial charge is 0.427 e. The lowest BCUT2D eigenvalue weighted by Crippen LogP contribution is -2.23. The zero-order chi connectivity index (χ0) is 14.3. The average molecular weight is 332 g/mol. The average Bonchev–Trinajstić information content (AvgIpc) is 2.75. The van der Waals surface area contributed by atoms with E-state index < -0.39 is 11.7 Å². The summed E-state index contributed by atoms with van der Waals surface area (Å²) >= 11 is 3.31. The maximum absolute atomic E-state index is 12.5. The van der Waals surface area contributed by atoms with Gasteiger partial charge in [0.2, 0.25) is 0 Å². The lowest BCUT2D eigenvalue weighted by atomic mass is 10.2. The number of benzene rings is 2. The molecule has 0 N–H and O–H groups in total. The second-order valence-corrected chi connectivity index (χ2v) is 5.36. The first-order valence-corrected chi connectivity index (χ1v) is 6.78. The summed E-state index contributed by atoms with van der Waals surface area (Å²) in [5.41, 5.74) is 2.17. The maximum Gasteiger partial charge on any atom is 0.427 e. The van der Waals surface area contributed by atoms with Gasteiger partial charge in [0.05, 0.1) is 0 Å². The van der Waals surface area contributed by atoms with E-state index in [2.05, 4.69) is 15.9 Å². The summed E-state index contributed by atoms with van der Waals surface area (Å²) in [6.45, 7) is 1.84. The predicted octanol–water partition coefficient (Wildman–Crippen LogP) is 3.35. The molecule has 0 aliphatic carbocycles. The summed E-state index contributed by atoms with van der Waals surface area (Å²) in [6, 6.07) is 12.2. The van der Waals surface area contributed by atoms with E-state index in [9.17, 15) is 9.59 Å². The smallest absolute Gasteiger partial charge is 0.407 e. The lowest BCUT2D eigenvalue weighted by Gasteiger charge is -2.03. The molecule has 0 atom stereocenters. The minimum atomic E-state index is -0.667. The van der Waals surface area contributed by atoms with Crippen molar-refractivity contribution in [3.8, 4) is 0 Å². The Morgan fingerprint density at radius 2 is 1.95 bits per heavy atom. The molecule has 100 valence electrons. The minimum Gasteiger partial charge on any atom is -0.407 e. The van der Waals surface area contributed by atoms with E-state index in [0.717, 1.165) is 14.6 Å². The normalized spacial score (nSPS) is 10.9. The van der Waals surface area contributed by atoms with E-state index in [1.807, 2.05) is 19.1 Å². The number of nitrogens with zero attached hydrogens (tertiary/aromatic N) is 1. The van der Waals surface area contributed by atoms with Crippen molar-refractivity contribution >= 4 is 32.9 Å². The van der Waals surface area contributed by atoms with Gasteiger partial charge in [0.25, 0.3) is 5.91 Å². The maximum atomic E-state index is 12.5. The fourth-order valence-electron chi connectivity index (χ4n) is 2.17. The predicted molar refractivity (Wildman–Crippen MR) is 79.1 cm³/mol. The molecule has 1 heterocycles. The molecule has 3 aromatic rings. The van der Waals surface area contributed by atoms with Crippen LogP contribution in [0.15, 0.2) is 56.1 Å². The number of hydrogen-bond donors (Lipinski definition) is 0. The quantitative estimate of drug-likeness (QED) is 0.687. The van der Waals surface area contributed by atoms with Crippen LogP contribution in [-0.2, 0) is 0 Å². The third kappa shape index (κ3) is 2.00. The molecular weight excluding hydrogens is 322 g/mol. The first-order chi connectivity index (χ1) is 9.58. The Labute approximate surface area is 122 Å². The Hall–Kier alpha value is -2.14. The van der Waals surface area contributed by atoms with E-state index in [1.54, 1.807) is 30.3 Å². The van der Waals surface area contributed by atoms with Crippen molar-refractivity contribution in [1.29, 1.82) is 0 Å². The minimum absolute atomic E-state index is 0.399. The highest BCUT2D eigenvalue weighted by atomic mass is 79.9. The van der Waals surface area contributed by atoms with Crippen LogP contribution in [0.1, 0.15) is 15.9 Å². The number of aromatic nitrogens is 1. The van der Waals surface area contributed by atoms with Gasteiger partial charge in [-0.3, -0.25) is 4.79 Å². The number of carbonyl (C=O) groups excluding carboxylic acids is 1. The van der Waals surface area contributed by atoms with E-state index >= 15 is 0 Å². The highest BCUT2D eigenvalue weighted by Crippen LogP contribution is 2.19. The van der Waals surface area contributed by atoms with Crippen molar-refractivity contribution in [3.05, 3.63) is 68.6 Å². The van der Waals surface area contributed by atoms with Gasteiger partial charge >= 0.3 is 5.76 Å². The fourth-order valence-corrected chi connectivity index (χ4v) is 2.57. The number of rotatable bonds is 1. The van der Waals surface area contributed by atoms with E-state index in [-0.39, 0.29) is 0 Å². The van der Waals surface area contributed by atoms with Gasteiger partial charge in [-0.25, -0.2) is 9.36 Å². The van der Waals surface area contributed by atoms with Crippen molar-refractivity contribution in [3.63, 3.8) is 0 Å². The Balaban J connectivity index is 2.27.